The van der Waals surface area contributed by atoms with Crippen molar-refractivity contribution >= 4 is 0 Å². The maximum Gasteiger partial charge on any atom is 0.102 e. The van der Waals surface area contributed by atoms with Gasteiger partial charge in [-0.2, -0.15) is 0 Å². The predicted molar refractivity (Wildman–Crippen MR) is 73.0 cm³/mol. The summed E-state index contributed by atoms with van der Waals surface area (Å²) in [4.78, 5) is 0. The molecule has 0 aliphatic carbocycles. The summed E-state index contributed by atoms with van der Waals surface area (Å²) in [5.41, 5.74) is 0. The Balaban J connectivity index is 2.08. The first-order valence-electron chi connectivity index (χ1n) is 7.28. The summed E-state index contributed by atoms with van der Waals surface area (Å²) in [5.74, 6) is 0. The van der Waals surface area contributed by atoms with Crippen LogP contribution in [0.25, 0.3) is 0 Å². The van der Waals surface area contributed by atoms with Gasteiger partial charge in [-0.1, -0.05) is 0 Å². The minimum Gasteiger partial charge on any atom is -0.370 e. The molecule has 0 bridgehead atoms. The van der Waals surface area contributed by atoms with E-state index in [2.05, 4.69) is 27.9 Å². The molecule has 1 fully saturated rings. The lowest BCUT2D eigenvalue weighted by Gasteiger charge is -2.32. The number of ether oxygens (including phenoxy) is 1. The van der Waals surface area contributed by atoms with E-state index >= 15 is 0 Å². The van der Waals surface area contributed by atoms with Crippen molar-refractivity contribution in [2.24, 2.45) is 0 Å². The second-order valence-corrected chi connectivity index (χ2v) is 6.09. The van der Waals surface area contributed by atoms with Crippen LogP contribution in [-0.2, 0) is 4.74 Å². The molecule has 0 aromatic rings. The molecule has 0 aromatic carbocycles. The lowest BCUT2D eigenvalue weighted by Crippen LogP contribution is -2.46. The average molecular weight is 244 g/mol. The molecular formula is C14H32N2O+2. The van der Waals surface area contributed by atoms with Gasteiger partial charge in [0.05, 0.1) is 53.5 Å². The second-order valence-electron chi connectivity index (χ2n) is 6.09. The van der Waals surface area contributed by atoms with Gasteiger partial charge in [0, 0.05) is 12.8 Å². The first-order valence-corrected chi connectivity index (χ1v) is 7.28. The minimum absolute atomic E-state index is 0.915. The maximum atomic E-state index is 5.83. The monoisotopic (exact) mass is 244 g/mol. The van der Waals surface area contributed by atoms with E-state index in [-0.39, 0.29) is 0 Å². The van der Waals surface area contributed by atoms with Gasteiger partial charge in [0.25, 0.3) is 0 Å². The van der Waals surface area contributed by atoms with E-state index in [1.165, 1.54) is 50.0 Å². The summed E-state index contributed by atoms with van der Waals surface area (Å²) < 4.78 is 8.19. The molecule has 3 heteroatoms. The quantitative estimate of drug-likeness (QED) is 0.467. The van der Waals surface area contributed by atoms with Gasteiger partial charge in [-0.3, -0.25) is 0 Å². The van der Waals surface area contributed by atoms with Crippen molar-refractivity contribution in [3.05, 3.63) is 0 Å². The Labute approximate surface area is 108 Å². The first-order chi connectivity index (χ1) is 8.04. The van der Waals surface area contributed by atoms with Crippen LogP contribution in [0.5, 0.6) is 0 Å². The van der Waals surface area contributed by atoms with Crippen LogP contribution in [0.3, 0.4) is 0 Å². The lowest BCUT2D eigenvalue weighted by molar-refractivity contribution is -0.907. The van der Waals surface area contributed by atoms with Crippen LogP contribution < -0.4 is 0 Å². The van der Waals surface area contributed by atoms with Gasteiger partial charge < -0.3 is 13.7 Å². The van der Waals surface area contributed by atoms with E-state index in [1.807, 2.05) is 0 Å². The van der Waals surface area contributed by atoms with Gasteiger partial charge in [0.15, 0.2) is 0 Å². The highest BCUT2D eigenvalue weighted by molar-refractivity contribution is 4.51. The smallest absolute Gasteiger partial charge is 0.102 e. The van der Waals surface area contributed by atoms with Gasteiger partial charge in [0.1, 0.15) is 13.1 Å². The van der Waals surface area contributed by atoms with Crippen molar-refractivity contribution in [1.82, 2.24) is 0 Å². The molecular weight excluding hydrogens is 212 g/mol. The molecule has 0 amide bonds. The molecule has 1 aliphatic rings. The third-order valence-electron chi connectivity index (χ3n) is 4.72. The van der Waals surface area contributed by atoms with Crippen molar-refractivity contribution in [2.75, 3.05) is 66.6 Å². The van der Waals surface area contributed by atoms with E-state index in [1.54, 1.807) is 0 Å². The van der Waals surface area contributed by atoms with E-state index in [0.29, 0.717) is 0 Å². The van der Waals surface area contributed by atoms with Crippen LogP contribution >= 0.6 is 0 Å². The van der Waals surface area contributed by atoms with Crippen molar-refractivity contribution in [3.8, 4) is 0 Å². The van der Waals surface area contributed by atoms with Crippen LogP contribution in [0.4, 0.5) is 0 Å². The number of likely N-dealkylation sites (tertiary alicyclic amines) is 1. The second kappa shape index (κ2) is 6.72. The number of likely N-dealkylation sites (N-methyl/N-ethyl adjacent to an activating group) is 2. The zero-order chi connectivity index (χ0) is 12.8. The highest BCUT2D eigenvalue weighted by Crippen LogP contribution is 2.15. The Morgan fingerprint density at radius 2 is 1.65 bits per heavy atom. The van der Waals surface area contributed by atoms with Crippen LogP contribution in [-0.4, -0.2) is 75.5 Å². The molecule has 0 aromatic heterocycles. The molecule has 0 N–H and O–H groups in total. The van der Waals surface area contributed by atoms with Gasteiger partial charge in [-0.15, -0.1) is 0 Å². The van der Waals surface area contributed by atoms with Crippen molar-refractivity contribution < 1.29 is 13.7 Å². The van der Waals surface area contributed by atoms with Crippen LogP contribution in [0.1, 0.15) is 26.7 Å². The fourth-order valence-corrected chi connectivity index (χ4v) is 2.53. The first kappa shape index (κ1) is 14.9. The van der Waals surface area contributed by atoms with Crippen molar-refractivity contribution in [1.29, 1.82) is 0 Å². The van der Waals surface area contributed by atoms with Gasteiger partial charge in [-0.05, 0) is 13.8 Å². The van der Waals surface area contributed by atoms with E-state index < -0.39 is 0 Å². The highest BCUT2D eigenvalue weighted by Gasteiger charge is 2.26. The molecule has 0 atom stereocenters. The van der Waals surface area contributed by atoms with Gasteiger partial charge >= 0.3 is 0 Å². The molecule has 1 heterocycles. The molecule has 0 unspecified atom stereocenters. The van der Waals surface area contributed by atoms with Gasteiger partial charge in [0.2, 0.25) is 0 Å². The van der Waals surface area contributed by atoms with E-state index in [4.69, 9.17) is 4.74 Å². The summed E-state index contributed by atoms with van der Waals surface area (Å²) in [5, 5.41) is 0. The SMILES string of the molecule is CC[N+](C)(CC)CCOCC[N+]1(C)CCCC1. The van der Waals surface area contributed by atoms with E-state index in [0.717, 1.165) is 24.2 Å². The Kier molecular flexibility index (Phi) is 5.90. The maximum absolute atomic E-state index is 5.83. The van der Waals surface area contributed by atoms with Crippen LogP contribution in [0, 0.1) is 0 Å². The molecule has 17 heavy (non-hydrogen) atoms. The standard InChI is InChI=1S/C14H32N2O/c1-5-15(3,6-2)11-13-17-14-12-16(4)9-7-8-10-16/h5-14H2,1-4H3/q+2. The fraction of sp³-hybridized carbons (Fsp3) is 1.00. The average Bonchev–Trinajstić information content (AvgIpc) is 2.76. The Morgan fingerprint density at radius 3 is 2.18 bits per heavy atom. The van der Waals surface area contributed by atoms with Crippen LogP contribution in [0.2, 0.25) is 0 Å². The van der Waals surface area contributed by atoms with Crippen LogP contribution in [0.15, 0.2) is 0 Å². The minimum atomic E-state index is 0.915. The number of quaternary nitrogens is 2. The summed E-state index contributed by atoms with van der Waals surface area (Å²) >= 11 is 0. The Hall–Kier alpha value is -0.120. The Bertz CT molecular complexity index is 202. The molecule has 3 nitrogen and oxygen atoms in total. The molecule has 1 rings (SSSR count). The zero-order valence-electron chi connectivity index (χ0n) is 12.4. The summed E-state index contributed by atoms with van der Waals surface area (Å²) in [6.07, 6.45) is 2.80. The third-order valence-corrected chi connectivity index (χ3v) is 4.72. The summed E-state index contributed by atoms with van der Waals surface area (Å²) in [7, 11) is 4.69. The van der Waals surface area contributed by atoms with E-state index in [9.17, 15) is 0 Å². The molecule has 0 spiro atoms. The number of hydrogen-bond acceptors (Lipinski definition) is 1. The highest BCUT2D eigenvalue weighted by atomic mass is 16.5. The number of nitrogens with zero attached hydrogens (tertiary/aromatic N) is 2. The Morgan fingerprint density at radius 1 is 1.06 bits per heavy atom. The fourth-order valence-electron chi connectivity index (χ4n) is 2.53. The lowest BCUT2D eigenvalue weighted by atomic mass is 10.4. The predicted octanol–water partition coefficient (Wildman–Crippen LogP) is 1.73. The molecule has 0 radical (unpaired) electrons. The normalized spacial score (nSPS) is 19.8. The molecule has 102 valence electrons. The number of hydrogen-bond donors (Lipinski definition) is 0. The van der Waals surface area contributed by atoms with Crippen molar-refractivity contribution in [3.63, 3.8) is 0 Å². The van der Waals surface area contributed by atoms with Crippen molar-refractivity contribution in [2.45, 2.75) is 26.7 Å². The topological polar surface area (TPSA) is 9.23 Å². The zero-order valence-corrected chi connectivity index (χ0v) is 12.4. The summed E-state index contributed by atoms with van der Waals surface area (Å²) in [6, 6.07) is 0. The molecule has 1 aliphatic heterocycles. The van der Waals surface area contributed by atoms with Gasteiger partial charge in [-0.25, -0.2) is 0 Å². The molecule has 0 saturated carbocycles. The third kappa shape index (κ3) is 4.94. The molecule has 1 saturated heterocycles. The summed E-state index contributed by atoms with van der Waals surface area (Å²) in [6.45, 7) is 13.8. The number of rotatable bonds is 8. The largest absolute Gasteiger partial charge is 0.370 e.